The Balaban J connectivity index is 1.60. The SMILES string of the molecule is CCC1c2ccccc2CCN1C(=O)[C@H](O)[C@@H](O)C(=O)NCCc1cccs1. The van der Waals surface area contributed by atoms with Crippen LogP contribution in [0, 0.1) is 0 Å². The van der Waals surface area contributed by atoms with Gasteiger partial charge in [-0.2, -0.15) is 0 Å². The number of nitrogens with one attached hydrogen (secondary N) is 1. The van der Waals surface area contributed by atoms with Crippen molar-refractivity contribution in [1.82, 2.24) is 10.2 Å². The molecule has 3 N–H and O–H groups in total. The zero-order valence-electron chi connectivity index (χ0n) is 15.9. The number of nitrogens with zero attached hydrogens (tertiary/aromatic N) is 1. The molecule has 1 unspecified atom stereocenters. The number of hydrogen-bond acceptors (Lipinski definition) is 5. The highest BCUT2D eigenvalue weighted by Crippen LogP contribution is 2.32. The lowest BCUT2D eigenvalue weighted by Gasteiger charge is -2.38. The minimum absolute atomic E-state index is 0.166. The Kier molecular flexibility index (Phi) is 6.83. The molecule has 0 fully saturated rings. The van der Waals surface area contributed by atoms with Crippen molar-refractivity contribution in [2.45, 2.75) is 44.4 Å². The molecule has 3 atom stereocenters. The van der Waals surface area contributed by atoms with E-state index in [0.29, 0.717) is 32.4 Å². The van der Waals surface area contributed by atoms with Gasteiger partial charge in [0, 0.05) is 18.0 Å². The van der Waals surface area contributed by atoms with Gasteiger partial charge in [0.1, 0.15) is 0 Å². The number of benzene rings is 1. The molecule has 1 aliphatic rings. The highest BCUT2D eigenvalue weighted by atomic mass is 32.1. The Labute approximate surface area is 168 Å². The summed E-state index contributed by atoms with van der Waals surface area (Å²) in [5.74, 6) is -1.34. The van der Waals surface area contributed by atoms with E-state index >= 15 is 0 Å². The van der Waals surface area contributed by atoms with Crippen LogP contribution < -0.4 is 5.32 Å². The van der Waals surface area contributed by atoms with Gasteiger partial charge in [-0.05, 0) is 41.8 Å². The fraction of sp³-hybridized carbons (Fsp3) is 0.429. The summed E-state index contributed by atoms with van der Waals surface area (Å²) in [6.45, 7) is 2.78. The molecule has 1 aromatic heterocycles. The van der Waals surface area contributed by atoms with Gasteiger partial charge in [0.05, 0.1) is 6.04 Å². The van der Waals surface area contributed by atoms with Crippen LogP contribution >= 0.6 is 11.3 Å². The van der Waals surface area contributed by atoms with Gasteiger partial charge in [-0.15, -0.1) is 11.3 Å². The standard InChI is InChI=1S/C21H26N2O4S/c1-2-17-16-8-4-3-6-14(16)10-12-23(17)21(27)19(25)18(24)20(26)22-11-9-15-7-5-13-28-15/h3-8,13,17-19,24-25H,2,9-12H2,1H3,(H,22,26)/t17?,18-,19-/m1/s1. The minimum atomic E-state index is -1.79. The van der Waals surface area contributed by atoms with E-state index in [2.05, 4.69) is 5.32 Å². The van der Waals surface area contributed by atoms with Crippen molar-refractivity contribution in [2.24, 2.45) is 0 Å². The molecule has 7 heteroatoms. The van der Waals surface area contributed by atoms with Crippen molar-refractivity contribution < 1.29 is 19.8 Å². The molecule has 2 amide bonds. The Bertz CT molecular complexity index is 808. The van der Waals surface area contributed by atoms with E-state index in [-0.39, 0.29) is 6.04 Å². The molecular weight excluding hydrogens is 376 g/mol. The molecule has 0 saturated heterocycles. The van der Waals surface area contributed by atoms with Crippen LogP contribution in [-0.4, -0.2) is 52.2 Å². The molecular formula is C21H26N2O4S. The van der Waals surface area contributed by atoms with Crippen molar-refractivity contribution >= 4 is 23.2 Å². The van der Waals surface area contributed by atoms with Gasteiger partial charge in [0.25, 0.3) is 11.8 Å². The number of carbonyl (C=O) groups excluding carboxylic acids is 2. The summed E-state index contributed by atoms with van der Waals surface area (Å²) in [6.07, 6.45) is -1.54. The third-order valence-corrected chi connectivity index (χ3v) is 6.09. The number of fused-ring (bicyclic) bond motifs is 1. The largest absolute Gasteiger partial charge is 0.380 e. The number of aliphatic hydroxyl groups is 2. The van der Waals surface area contributed by atoms with Crippen LogP contribution in [0.1, 0.15) is 35.4 Å². The fourth-order valence-corrected chi connectivity index (χ4v) is 4.38. The molecule has 0 bridgehead atoms. The summed E-state index contributed by atoms with van der Waals surface area (Å²) in [5.41, 5.74) is 2.26. The van der Waals surface area contributed by atoms with Gasteiger partial charge in [0.2, 0.25) is 0 Å². The average molecular weight is 403 g/mol. The third kappa shape index (κ3) is 4.43. The van der Waals surface area contributed by atoms with Crippen molar-refractivity contribution in [3.05, 3.63) is 57.8 Å². The third-order valence-electron chi connectivity index (χ3n) is 5.15. The van der Waals surface area contributed by atoms with Gasteiger partial charge >= 0.3 is 0 Å². The smallest absolute Gasteiger partial charge is 0.255 e. The number of aliphatic hydroxyl groups excluding tert-OH is 2. The second kappa shape index (κ2) is 9.32. The highest BCUT2D eigenvalue weighted by molar-refractivity contribution is 7.09. The van der Waals surface area contributed by atoms with E-state index in [9.17, 15) is 19.8 Å². The van der Waals surface area contributed by atoms with Crippen LogP contribution in [-0.2, 0) is 22.4 Å². The lowest BCUT2D eigenvalue weighted by Crippen LogP contribution is -2.53. The molecule has 0 radical (unpaired) electrons. The van der Waals surface area contributed by atoms with Crippen molar-refractivity contribution in [1.29, 1.82) is 0 Å². The van der Waals surface area contributed by atoms with Crippen LogP contribution in [0.25, 0.3) is 0 Å². The topological polar surface area (TPSA) is 89.9 Å². The summed E-state index contributed by atoms with van der Waals surface area (Å²) < 4.78 is 0. The van der Waals surface area contributed by atoms with Gasteiger partial charge in [0.15, 0.2) is 12.2 Å². The van der Waals surface area contributed by atoms with Crippen LogP contribution in [0.5, 0.6) is 0 Å². The molecule has 3 rings (SSSR count). The van der Waals surface area contributed by atoms with E-state index in [0.717, 1.165) is 10.4 Å². The average Bonchev–Trinajstić information content (AvgIpc) is 3.24. The predicted octanol–water partition coefficient (Wildman–Crippen LogP) is 1.66. The molecule has 0 aliphatic carbocycles. The normalized spacial score (nSPS) is 18.2. The molecule has 6 nitrogen and oxygen atoms in total. The zero-order chi connectivity index (χ0) is 20.1. The van der Waals surface area contributed by atoms with E-state index in [1.54, 1.807) is 16.2 Å². The lowest BCUT2D eigenvalue weighted by molar-refractivity contribution is -0.155. The van der Waals surface area contributed by atoms with Gasteiger partial charge in [-0.25, -0.2) is 0 Å². The van der Waals surface area contributed by atoms with Crippen LogP contribution in [0.4, 0.5) is 0 Å². The molecule has 150 valence electrons. The fourth-order valence-electron chi connectivity index (χ4n) is 3.67. The van der Waals surface area contributed by atoms with E-state index in [4.69, 9.17) is 0 Å². The van der Waals surface area contributed by atoms with E-state index in [1.165, 1.54) is 5.56 Å². The predicted molar refractivity (Wildman–Crippen MR) is 108 cm³/mol. The van der Waals surface area contributed by atoms with Gasteiger partial charge in [-0.1, -0.05) is 37.3 Å². The Morgan fingerprint density at radius 1 is 1.21 bits per heavy atom. The maximum Gasteiger partial charge on any atom is 0.255 e. The van der Waals surface area contributed by atoms with E-state index < -0.39 is 24.0 Å². The minimum Gasteiger partial charge on any atom is -0.380 e. The maximum absolute atomic E-state index is 12.8. The van der Waals surface area contributed by atoms with Gasteiger partial charge in [-0.3, -0.25) is 9.59 Å². The molecule has 28 heavy (non-hydrogen) atoms. The summed E-state index contributed by atoms with van der Waals surface area (Å²) in [6, 6.07) is 11.7. The summed E-state index contributed by atoms with van der Waals surface area (Å²) in [5, 5.41) is 25.1. The summed E-state index contributed by atoms with van der Waals surface area (Å²) in [4.78, 5) is 27.7. The number of amides is 2. The first kappa shape index (κ1) is 20.5. The first-order chi connectivity index (χ1) is 13.5. The zero-order valence-corrected chi connectivity index (χ0v) is 16.7. The van der Waals surface area contributed by atoms with Crippen LogP contribution in [0.15, 0.2) is 41.8 Å². The molecule has 2 aromatic rings. The molecule has 1 aliphatic heterocycles. The molecule has 0 spiro atoms. The number of rotatable bonds is 7. The van der Waals surface area contributed by atoms with Crippen LogP contribution in [0.3, 0.4) is 0 Å². The molecule has 2 heterocycles. The quantitative estimate of drug-likeness (QED) is 0.657. The lowest BCUT2D eigenvalue weighted by atomic mass is 9.90. The van der Waals surface area contributed by atoms with Crippen LogP contribution in [0.2, 0.25) is 0 Å². The number of carbonyl (C=O) groups is 2. The highest BCUT2D eigenvalue weighted by Gasteiger charge is 2.37. The van der Waals surface area contributed by atoms with E-state index in [1.807, 2.05) is 48.7 Å². The second-order valence-electron chi connectivity index (χ2n) is 6.91. The Morgan fingerprint density at radius 2 is 2.00 bits per heavy atom. The molecule has 1 aromatic carbocycles. The van der Waals surface area contributed by atoms with Gasteiger partial charge < -0.3 is 20.4 Å². The van der Waals surface area contributed by atoms with Crippen molar-refractivity contribution in [3.63, 3.8) is 0 Å². The Morgan fingerprint density at radius 3 is 2.71 bits per heavy atom. The first-order valence-corrected chi connectivity index (χ1v) is 10.5. The monoisotopic (exact) mass is 402 g/mol. The number of thiophene rings is 1. The maximum atomic E-state index is 12.8. The molecule has 0 saturated carbocycles. The summed E-state index contributed by atoms with van der Waals surface area (Å²) >= 11 is 1.59. The Hall–Kier alpha value is -2.22. The summed E-state index contributed by atoms with van der Waals surface area (Å²) in [7, 11) is 0. The number of hydrogen-bond donors (Lipinski definition) is 3. The van der Waals surface area contributed by atoms with Crippen molar-refractivity contribution in [3.8, 4) is 0 Å². The first-order valence-electron chi connectivity index (χ1n) is 9.57. The second-order valence-corrected chi connectivity index (χ2v) is 7.95. The van der Waals surface area contributed by atoms with Crippen molar-refractivity contribution in [2.75, 3.05) is 13.1 Å².